The Balaban J connectivity index is 2.32. The number of nitrogens with one attached hydrogen (secondary N) is 1. The number of sulfonamides is 1. The molecule has 0 aromatic heterocycles. The van der Waals surface area contributed by atoms with E-state index in [1.165, 1.54) is 13.0 Å². The van der Waals surface area contributed by atoms with E-state index in [9.17, 15) is 12.8 Å². The zero-order chi connectivity index (χ0) is 14.9. The molecule has 1 fully saturated rings. The summed E-state index contributed by atoms with van der Waals surface area (Å²) in [4.78, 5) is -0.0421. The van der Waals surface area contributed by atoms with Crippen molar-refractivity contribution in [3.8, 4) is 0 Å². The lowest BCUT2D eigenvalue weighted by molar-refractivity contribution is 0.117. The van der Waals surface area contributed by atoms with Crippen LogP contribution in [0.2, 0.25) is 0 Å². The highest BCUT2D eigenvalue weighted by atomic mass is 32.2. The lowest BCUT2D eigenvalue weighted by Crippen LogP contribution is -2.39. The second kappa shape index (κ2) is 5.77. The van der Waals surface area contributed by atoms with E-state index in [0.717, 1.165) is 6.07 Å². The fourth-order valence-electron chi connectivity index (χ4n) is 2.23. The topological polar surface area (TPSA) is 75.6 Å². The Hall–Kier alpha value is -1.02. The van der Waals surface area contributed by atoms with Crippen molar-refractivity contribution in [2.45, 2.75) is 43.9 Å². The van der Waals surface area contributed by atoms with Crippen LogP contribution in [-0.2, 0) is 21.4 Å². The van der Waals surface area contributed by atoms with Gasteiger partial charge in [-0.25, -0.2) is 17.5 Å². The molecule has 0 spiro atoms. The lowest BCUT2D eigenvalue weighted by Gasteiger charge is -2.17. The summed E-state index contributed by atoms with van der Waals surface area (Å²) in [6.45, 7) is 3.24. The van der Waals surface area contributed by atoms with Gasteiger partial charge in [-0.15, -0.1) is 0 Å². The Bertz CT molecular complexity index is 603. The van der Waals surface area contributed by atoms with E-state index in [4.69, 9.17) is 9.84 Å². The molecule has 1 heterocycles. The third kappa shape index (κ3) is 3.01. The van der Waals surface area contributed by atoms with Gasteiger partial charge in [0.25, 0.3) is 0 Å². The Morgan fingerprint density at radius 1 is 1.50 bits per heavy atom. The molecule has 20 heavy (non-hydrogen) atoms. The number of hydrogen-bond donors (Lipinski definition) is 2. The molecule has 2 atom stereocenters. The highest BCUT2D eigenvalue weighted by Gasteiger charge is 2.29. The van der Waals surface area contributed by atoms with Gasteiger partial charge >= 0.3 is 0 Å². The Kier molecular flexibility index (Phi) is 4.43. The van der Waals surface area contributed by atoms with Gasteiger partial charge < -0.3 is 9.84 Å². The molecule has 0 aliphatic carbocycles. The maximum absolute atomic E-state index is 13.6. The Morgan fingerprint density at radius 2 is 2.20 bits per heavy atom. The zero-order valence-corrected chi connectivity index (χ0v) is 12.2. The molecule has 112 valence electrons. The number of ether oxygens (including phenoxy) is 1. The molecule has 2 rings (SSSR count). The second-order valence-electron chi connectivity index (χ2n) is 4.96. The molecule has 1 aromatic rings. The van der Waals surface area contributed by atoms with Crippen molar-refractivity contribution in [2.75, 3.05) is 6.61 Å². The molecule has 0 amide bonds. The van der Waals surface area contributed by atoms with Crippen molar-refractivity contribution in [3.63, 3.8) is 0 Å². The summed E-state index contributed by atoms with van der Waals surface area (Å²) >= 11 is 0. The summed E-state index contributed by atoms with van der Waals surface area (Å²) in [5.41, 5.74) is 0.161. The van der Waals surface area contributed by atoms with Crippen molar-refractivity contribution in [1.82, 2.24) is 4.72 Å². The summed E-state index contributed by atoms with van der Waals surface area (Å²) in [5.74, 6) is -0.580. The fourth-order valence-corrected chi connectivity index (χ4v) is 3.70. The van der Waals surface area contributed by atoms with Crippen LogP contribution < -0.4 is 4.72 Å². The van der Waals surface area contributed by atoms with Crippen molar-refractivity contribution in [2.24, 2.45) is 0 Å². The van der Waals surface area contributed by atoms with Crippen LogP contribution in [0, 0.1) is 12.7 Å². The number of aliphatic hydroxyl groups excluding tert-OH is 1. The van der Waals surface area contributed by atoms with Gasteiger partial charge in [0, 0.05) is 12.2 Å². The Morgan fingerprint density at radius 3 is 2.75 bits per heavy atom. The number of rotatable bonds is 4. The molecule has 2 N–H and O–H groups in total. The average molecular weight is 303 g/mol. The first-order valence-electron chi connectivity index (χ1n) is 6.39. The van der Waals surface area contributed by atoms with E-state index < -0.39 is 22.4 Å². The number of aryl methyl sites for hydroxylation is 1. The molecule has 1 aliphatic heterocycles. The van der Waals surface area contributed by atoms with E-state index in [-0.39, 0.29) is 28.2 Å². The summed E-state index contributed by atoms with van der Waals surface area (Å²) in [7, 11) is -3.76. The van der Waals surface area contributed by atoms with Crippen LogP contribution in [0.15, 0.2) is 17.0 Å². The van der Waals surface area contributed by atoms with E-state index in [0.29, 0.717) is 13.0 Å². The third-order valence-corrected chi connectivity index (χ3v) is 4.94. The molecule has 0 bridgehead atoms. The number of benzene rings is 1. The highest BCUT2D eigenvalue weighted by molar-refractivity contribution is 7.89. The SMILES string of the molecule is Cc1cc(S(=O)(=O)NC2CCOC2C)cc(CO)c1F. The predicted molar refractivity (Wildman–Crippen MR) is 71.2 cm³/mol. The molecule has 1 aromatic carbocycles. The molecule has 7 heteroatoms. The molecule has 1 aliphatic rings. The number of hydrogen-bond acceptors (Lipinski definition) is 4. The first-order chi connectivity index (χ1) is 9.35. The van der Waals surface area contributed by atoms with Gasteiger partial charge in [-0.3, -0.25) is 0 Å². The molecule has 2 unspecified atom stereocenters. The Labute approximate surface area is 117 Å². The van der Waals surface area contributed by atoms with Crippen LogP contribution in [0.3, 0.4) is 0 Å². The maximum atomic E-state index is 13.6. The van der Waals surface area contributed by atoms with Crippen molar-refractivity contribution < 1.29 is 22.7 Å². The van der Waals surface area contributed by atoms with Crippen LogP contribution in [0.4, 0.5) is 4.39 Å². The average Bonchev–Trinajstić information content (AvgIpc) is 2.77. The number of halogens is 1. The molecule has 0 saturated carbocycles. The minimum absolute atomic E-state index is 0.0268. The van der Waals surface area contributed by atoms with Crippen molar-refractivity contribution in [1.29, 1.82) is 0 Å². The van der Waals surface area contributed by atoms with Gasteiger partial charge in [0.05, 0.1) is 23.6 Å². The summed E-state index contributed by atoms with van der Waals surface area (Å²) in [6, 6.07) is 2.13. The maximum Gasteiger partial charge on any atom is 0.240 e. The van der Waals surface area contributed by atoms with Crippen LogP contribution in [0.25, 0.3) is 0 Å². The van der Waals surface area contributed by atoms with E-state index in [1.807, 2.05) is 0 Å². The molecular weight excluding hydrogens is 285 g/mol. The van der Waals surface area contributed by atoms with E-state index in [1.54, 1.807) is 6.92 Å². The molecule has 1 saturated heterocycles. The van der Waals surface area contributed by atoms with Crippen molar-refractivity contribution in [3.05, 3.63) is 29.1 Å². The molecular formula is C13H18FNO4S. The largest absolute Gasteiger partial charge is 0.392 e. The first-order valence-corrected chi connectivity index (χ1v) is 7.87. The number of aliphatic hydroxyl groups is 1. The van der Waals surface area contributed by atoms with E-state index in [2.05, 4.69) is 4.72 Å². The van der Waals surface area contributed by atoms with Gasteiger partial charge in [0.1, 0.15) is 5.82 Å². The second-order valence-corrected chi connectivity index (χ2v) is 6.68. The summed E-state index contributed by atoms with van der Waals surface area (Å²) in [6.07, 6.45) is 0.414. The molecule has 0 radical (unpaired) electrons. The smallest absolute Gasteiger partial charge is 0.240 e. The first kappa shape index (κ1) is 15.4. The highest BCUT2D eigenvalue weighted by Crippen LogP contribution is 2.21. The fraction of sp³-hybridized carbons (Fsp3) is 0.538. The third-order valence-electron chi connectivity index (χ3n) is 3.47. The zero-order valence-electron chi connectivity index (χ0n) is 11.4. The summed E-state index contributed by atoms with van der Waals surface area (Å²) in [5, 5.41) is 9.08. The molecule has 5 nitrogen and oxygen atoms in total. The van der Waals surface area contributed by atoms with E-state index >= 15 is 0 Å². The van der Waals surface area contributed by atoms with Gasteiger partial charge in [-0.1, -0.05) is 0 Å². The minimum Gasteiger partial charge on any atom is -0.392 e. The summed E-state index contributed by atoms with van der Waals surface area (Å²) < 4.78 is 46.1. The standard InChI is InChI=1S/C13H18FNO4S/c1-8-5-11(6-10(7-16)13(8)14)20(17,18)15-12-3-4-19-9(12)2/h5-6,9,12,15-16H,3-4,7H2,1-2H3. The lowest BCUT2D eigenvalue weighted by atomic mass is 10.1. The predicted octanol–water partition coefficient (Wildman–Crippen LogP) is 1.08. The van der Waals surface area contributed by atoms with Crippen molar-refractivity contribution >= 4 is 10.0 Å². The van der Waals surface area contributed by atoms with Gasteiger partial charge in [0.2, 0.25) is 10.0 Å². The van der Waals surface area contributed by atoms with Gasteiger partial charge in [-0.05, 0) is 38.0 Å². The van der Waals surface area contributed by atoms with Gasteiger partial charge in [-0.2, -0.15) is 0 Å². The monoisotopic (exact) mass is 303 g/mol. The van der Waals surface area contributed by atoms with Crippen LogP contribution in [0.5, 0.6) is 0 Å². The van der Waals surface area contributed by atoms with Crippen LogP contribution in [0.1, 0.15) is 24.5 Å². The quantitative estimate of drug-likeness (QED) is 0.873. The van der Waals surface area contributed by atoms with Crippen LogP contribution in [-0.4, -0.2) is 32.3 Å². The van der Waals surface area contributed by atoms with Crippen LogP contribution >= 0.6 is 0 Å². The minimum atomic E-state index is -3.76. The van der Waals surface area contributed by atoms with Gasteiger partial charge in [0.15, 0.2) is 0 Å². The normalized spacial score (nSPS) is 23.2.